The Morgan fingerprint density at radius 1 is 1.39 bits per heavy atom. The van der Waals surface area contributed by atoms with E-state index < -0.39 is 0 Å². The molecule has 0 amide bonds. The molecule has 1 saturated heterocycles. The van der Waals surface area contributed by atoms with Gasteiger partial charge < -0.3 is 9.88 Å². The first-order chi connectivity index (χ1) is 8.70. The number of nitrogens with zero attached hydrogens (tertiary/aromatic N) is 1. The summed E-state index contributed by atoms with van der Waals surface area (Å²) in [5.41, 5.74) is 2.56. The summed E-state index contributed by atoms with van der Waals surface area (Å²) in [6.07, 6.45) is 0. The van der Waals surface area contributed by atoms with Crippen LogP contribution < -0.4 is 4.90 Å². The zero-order valence-electron chi connectivity index (χ0n) is 10.5. The number of piperazine rings is 1. The lowest BCUT2D eigenvalue weighted by atomic mass is 10.2. The summed E-state index contributed by atoms with van der Waals surface area (Å²) in [5.74, 6) is 0. The molecule has 3 rings (SSSR count). The summed E-state index contributed by atoms with van der Waals surface area (Å²) >= 11 is 6.85. The minimum atomic E-state index is 0.866. The van der Waals surface area contributed by atoms with Crippen molar-refractivity contribution in [2.75, 3.05) is 33.2 Å². The van der Waals surface area contributed by atoms with Crippen molar-refractivity contribution < 1.29 is 4.90 Å². The molecule has 0 atom stereocenters. The quantitative estimate of drug-likeness (QED) is 0.810. The van der Waals surface area contributed by atoms with Gasteiger partial charge in [0.25, 0.3) is 0 Å². The second kappa shape index (κ2) is 5.09. The van der Waals surface area contributed by atoms with E-state index >= 15 is 0 Å². The Kier molecular flexibility index (Phi) is 3.48. The van der Waals surface area contributed by atoms with Crippen molar-refractivity contribution in [1.29, 1.82) is 0 Å². The van der Waals surface area contributed by atoms with Gasteiger partial charge in [0.15, 0.2) is 3.95 Å². The van der Waals surface area contributed by atoms with Gasteiger partial charge in [-0.05, 0) is 29.9 Å². The average Bonchev–Trinajstić information content (AvgIpc) is 2.71. The van der Waals surface area contributed by atoms with Crippen LogP contribution in [0.4, 0.5) is 0 Å². The molecule has 18 heavy (non-hydrogen) atoms. The molecular formula is C13H18N3S2+. The molecular weight excluding hydrogens is 262 g/mol. The predicted octanol–water partition coefficient (Wildman–Crippen LogP) is 1.29. The summed E-state index contributed by atoms with van der Waals surface area (Å²) in [7, 11) is 2.27. The fraction of sp³-hybridized carbons (Fsp3) is 0.462. The van der Waals surface area contributed by atoms with Crippen molar-refractivity contribution in [1.82, 2.24) is 9.88 Å². The molecule has 0 spiro atoms. The van der Waals surface area contributed by atoms with Crippen LogP contribution in [0.25, 0.3) is 10.2 Å². The van der Waals surface area contributed by atoms with E-state index in [2.05, 4.69) is 35.1 Å². The fourth-order valence-corrected chi connectivity index (χ4v) is 3.62. The van der Waals surface area contributed by atoms with Crippen molar-refractivity contribution >= 4 is 33.8 Å². The number of rotatable bonds is 2. The molecule has 1 aromatic heterocycles. The highest BCUT2D eigenvalue weighted by Gasteiger charge is 2.16. The highest BCUT2D eigenvalue weighted by atomic mass is 32.1. The lowest BCUT2D eigenvalue weighted by Crippen LogP contribution is -3.11. The molecule has 96 valence electrons. The average molecular weight is 280 g/mol. The monoisotopic (exact) mass is 280 g/mol. The Bertz CT molecular complexity index is 594. The zero-order valence-corrected chi connectivity index (χ0v) is 12.2. The molecule has 1 aliphatic heterocycles. The molecule has 1 fully saturated rings. The van der Waals surface area contributed by atoms with Crippen LogP contribution in [-0.2, 0) is 6.54 Å². The molecule has 0 unspecified atom stereocenters. The van der Waals surface area contributed by atoms with Gasteiger partial charge in [-0.25, -0.2) is 0 Å². The molecule has 0 bridgehead atoms. The van der Waals surface area contributed by atoms with E-state index in [0.29, 0.717) is 0 Å². The van der Waals surface area contributed by atoms with Crippen molar-refractivity contribution in [3.8, 4) is 0 Å². The molecule has 1 aliphatic rings. The number of benzene rings is 1. The summed E-state index contributed by atoms with van der Waals surface area (Å²) in [6.45, 7) is 5.98. The maximum atomic E-state index is 5.18. The van der Waals surface area contributed by atoms with Crippen molar-refractivity contribution in [3.63, 3.8) is 0 Å². The molecule has 2 heterocycles. The third-order valence-electron chi connectivity index (χ3n) is 3.60. The highest BCUT2D eigenvalue weighted by Crippen LogP contribution is 2.21. The van der Waals surface area contributed by atoms with Gasteiger partial charge in [0.2, 0.25) is 0 Å². The Labute approximate surface area is 116 Å². The van der Waals surface area contributed by atoms with E-state index in [0.717, 1.165) is 16.0 Å². The Morgan fingerprint density at radius 3 is 2.94 bits per heavy atom. The third kappa shape index (κ3) is 2.64. The summed E-state index contributed by atoms with van der Waals surface area (Å²) in [6, 6.07) is 6.64. The molecule has 2 N–H and O–H groups in total. The first-order valence-electron chi connectivity index (χ1n) is 6.36. The maximum absolute atomic E-state index is 5.18. The fourth-order valence-electron chi connectivity index (χ4n) is 2.44. The third-order valence-corrected chi connectivity index (χ3v) is 4.80. The number of nitrogens with one attached hydrogen (secondary N) is 2. The van der Waals surface area contributed by atoms with Crippen LogP contribution in [0.5, 0.6) is 0 Å². The van der Waals surface area contributed by atoms with Crippen LogP contribution in [0.15, 0.2) is 18.2 Å². The lowest BCUT2D eigenvalue weighted by molar-refractivity contribution is -0.884. The number of quaternary nitrogens is 1. The van der Waals surface area contributed by atoms with Crippen molar-refractivity contribution in [2.24, 2.45) is 0 Å². The van der Waals surface area contributed by atoms with E-state index in [1.165, 1.54) is 36.4 Å². The number of H-pyrrole nitrogens is 1. The first-order valence-corrected chi connectivity index (χ1v) is 7.58. The molecule has 5 heteroatoms. The van der Waals surface area contributed by atoms with E-state index in [4.69, 9.17) is 12.2 Å². The SMILES string of the molecule is C[NH+]1CCN(Cc2ccc3[nH]c(=S)sc3c2)CC1. The minimum Gasteiger partial charge on any atom is -0.337 e. The van der Waals surface area contributed by atoms with Gasteiger partial charge in [0.05, 0.1) is 30.4 Å². The van der Waals surface area contributed by atoms with Gasteiger partial charge in [-0.15, -0.1) is 11.3 Å². The molecule has 0 aliphatic carbocycles. The predicted molar refractivity (Wildman–Crippen MR) is 78.9 cm³/mol. The van der Waals surface area contributed by atoms with Crippen LogP contribution in [-0.4, -0.2) is 43.1 Å². The van der Waals surface area contributed by atoms with Crippen molar-refractivity contribution in [2.45, 2.75) is 6.54 Å². The van der Waals surface area contributed by atoms with Gasteiger partial charge in [0.1, 0.15) is 0 Å². The lowest BCUT2D eigenvalue weighted by Gasteiger charge is -2.29. The van der Waals surface area contributed by atoms with Crippen molar-refractivity contribution in [3.05, 3.63) is 27.7 Å². The largest absolute Gasteiger partial charge is 0.337 e. The van der Waals surface area contributed by atoms with Crippen LogP contribution >= 0.6 is 23.6 Å². The number of hydrogen-bond acceptors (Lipinski definition) is 3. The highest BCUT2D eigenvalue weighted by molar-refractivity contribution is 7.73. The smallest absolute Gasteiger partial charge is 0.159 e. The van der Waals surface area contributed by atoms with E-state index in [-0.39, 0.29) is 0 Å². The number of likely N-dealkylation sites (N-methyl/N-ethyl adjacent to an activating group) is 1. The minimum absolute atomic E-state index is 0.866. The second-order valence-electron chi connectivity index (χ2n) is 5.08. The molecule has 1 aromatic carbocycles. The van der Waals surface area contributed by atoms with E-state index in [1.807, 2.05) is 0 Å². The van der Waals surface area contributed by atoms with Gasteiger partial charge in [-0.2, -0.15) is 0 Å². The Morgan fingerprint density at radius 2 is 2.17 bits per heavy atom. The van der Waals surface area contributed by atoms with Crippen LogP contribution in [0.1, 0.15) is 5.56 Å². The summed E-state index contributed by atoms with van der Waals surface area (Å²) in [4.78, 5) is 7.40. The zero-order chi connectivity index (χ0) is 12.5. The maximum Gasteiger partial charge on any atom is 0.159 e. The number of thiazole rings is 1. The van der Waals surface area contributed by atoms with Gasteiger partial charge in [0, 0.05) is 19.6 Å². The normalized spacial score (nSPS) is 18.5. The van der Waals surface area contributed by atoms with Gasteiger partial charge >= 0.3 is 0 Å². The van der Waals surface area contributed by atoms with Crippen LogP contribution in [0.3, 0.4) is 0 Å². The van der Waals surface area contributed by atoms with Crippen LogP contribution in [0, 0.1) is 3.95 Å². The topological polar surface area (TPSA) is 23.5 Å². The standard InChI is InChI=1S/C13H17N3S2/c1-15-4-6-16(7-5-15)9-10-2-3-11-12(8-10)18-13(17)14-11/h2-3,8H,4-7,9H2,1H3,(H,14,17)/p+1. The number of fused-ring (bicyclic) bond motifs is 1. The second-order valence-corrected chi connectivity index (χ2v) is 6.80. The summed E-state index contributed by atoms with van der Waals surface area (Å²) in [5, 5.41) is 0. The first kappa shape index (κ1) is 12.3. The van der Waals surface area contributed by atoms with E-state index in [9.17, 15) is 0 Å². The van der Waals surface area contributed by atoms with Crippen LogP contribution in [0.2, 0.25) is 0 Å². The Hall–Kier alpha value is -0.750. The summed E-state index contributed by atoms with van der Waals surface area (Å²) < 4.78 is 2.14. The molecule has 3 nitrogen and oxygen atoms in total. The van der Waals surface area contributed by atoms with E-state index in [1.54, 1.807) is 16.2 Å². The van der Waals surface area contributed by atoms with Gasteiger partial charge in [-0.1, -0.05) is 6.07 Å². The Balaban J connectivity index is 1.76. The number of hydrogen-bond donors (Lipinski definition) is 2. The molecule has 0 radical (unpaired) electrons. The molecule has 2 aromatic rings. The number of aromatic nitrogens is 1. The molecule has 0 saturated carbocycles. The van der Waals surface area contributed by atoms with Gasteiger partial charge in [-0.3, -0.25) is 4.90 Å². The number of aromatic amines is 1.